The van der Waals surface area contributed by atoms with Gasteiger partial charge in [-0.2, -0.15) is 0 Å². The number of hydrogen-bond donors (Lipinski definition) is 1. The van der Waals surface area contributed by atoms with Crippen LogP contribution in [-0.4, -0.2) is 29.5 Å². The second-order valence-corrected chi connectivity index (χ2v) is 5.77. The molecule has 3 nitrogen and oxygen atoms in total. The van der Waals surface area contributed by atoms with Crippen molar-refractivity contribution in [2.75, 3.05) is 19.6 Å². The van der Waals surface area contributed by atoms with Crippen LogP contribution in [-0.2, 0) is 0 Å². The van der Waals surface area contributed by atoms with Gasteiger partial charge in [-0.05, 0) is 29.5 Å². The van der Waals surface area contributed by atoms with E-state index >= 15 is 0 Å². The molecule has 1 aromatic rings. The van der Waals surface area contributed by atoms with Crippen LogP contribution in [0.3, 0.4) is 0 Å². The van der Waals surface area contributed by atoms with Crippen molar-refractivity contribution >= 4 is 0 Å². The molecular weight excluding hydrogens is 222 g/mol. The quantitative estimate of drug-likeness (QED) is 0.808. The van der Waals surface area contributed by atoms with Gasteiger partial charge in [0, 0.05) is 38.1 Å². The minimum absolute atomic E-state index is 0.304. The first-order chi connectivity index (χ1) is 8.54. The predicted molar refractivity (Wildman–Crippen MR) is 77.3 cm³/mol. The normalized spacial score (nSPS) is 13.6. The van der Waals surface area contributed by atoms with Gasteiger partial charge in [-0.3, -0.25) is 9.88 Å². The lowest BCUT2D eigenvalue weighted by Crippen LogP contribution is -2.38. The average Bonchev–Trinajstić information content (AvgIpc) is 2.29. The van der Waals surface area contributed by atoms with Gasteiger partial charge in [-0.15, -0.1) is 0 Å². The molecule has 1 atom stereocenters. The molecule has 1 rings (SSSR count). The smallest absolute Gasteiger partial charge is 0.0471 e. The lowest BCUT2D eigenvalue weighted by atomic mass is 10.0. The summed E-state index contributed by atoms with van der Waals surface area (Å²) < 4.78 is 0. The molecule has 1 unspecified atom stereocenters. The zero-order chi connectivity index (χ0) is 13.5. The molecule has 1 heterocycles. The fourth-order valence-corrected chi connectivity index (χ4v) is 2.35. The molecule has 1 aromatic heterocycles. The molecule has 0 fully saturated rings. The maximum atomic E-state index is 6.00. The molecule has 3 heteroatoms. The largest absolute Gasteiger partial charge is 0.329 e. The molecule has 0 saturated carbocycles. The van der Waals surface area contributed by atoms with Crippen LogP contribution in [0.5, 0.6) is 0 Å². The van der Waals surface area contributed by atoms with E-state index in [9.17, 15) is 0 Å². The van der Waals surface area contributed by atoms with Crippen molar-refractivity contribution in [3.8, 4) is 0 Å². The molecule has 0 aromatic carbocycles. The Bertz CT molecular complexity index is 312. The maximum absolute atomic E-state index is 6.00. The van der Waals surface area contributed by atoms with Gasteiger partial charge < -0.3 is 5.73 Å². The number of aromatic nitrogens is 1. The molecule has 0 aliphatic rings. The van der Waals surface area contributed by atoms with Gasteiger partial charge in [0.05, 0.1) is 0 Å². The highest BCUT2D eigenvalue weighted by atomic mass is 15.2. The van der Waals surface area contributed by atoms with Gasteiger partial charge in [0.25, 0.3) is 0 Å². The van der Waals surface area contributed by atoms with Gasteiger partial charge in [0.2, 0.25) is 0 Å². The SMILES string of the molecule is CC(C)CN(CC(C)C)C(CN)c1ccncc1. The summed E-state index contributed by atoms with van der Waals surface area (Å²) in [6, 6.07) is 4.45. The van der Waals surface area contributed by atoms with Gasteiger partial charge in [0.15, 0.2) is 0 Å². The zero-order valence-corrected chi connectivity index (χ0v) is 12.1. The van der Waals surface area contributed by atoms with Gasteiger partial charge >= 0.3 is 0 Å². The van der Waals surface area contributed by atoms with Crippen molar-refractivity contribution in [1.29, 1.82) is 0 Å². The number of nitrogens with two attached hydrogens (primary N) is 1. The molecule has 18 heavy (non-hydrogen) atoms. The van der Waals surface area contributed by atoms with E-state index in [-0.39, 0.29) is 0 Å². The van der Waals surface area contributed by atoms with E-state index in [0.29, 0.717) is 24.4 Å². The lowest BCUT2D eigenvalue weighted by molar-refractivity contribution is 0.160. The van der Waals surface area contributed by atoms with E-state index in [2.05, 4.69) is 49.7 Å². The third kappa shape index (κ3) is 4.75. The first-order valence-electron chi connectivity index (χ1n) is 6.88. The van der Waals surface area contributed by atoms with Crippen molar-refractivity contribution in [2.45, 2.75) is 33.7 Å². The predicted octanol–water partition coefficient (Wildman–Crippen LogP) is 2.70. The average molecular weight is 249 g/mol. The summed E-state index contributed by atoms with van der Waals surface area (Å²) in [5.74, 6) is 1.30. The molecule has 0 bridgehead atoms. The second-order valence-electron chi connectivity index (χ2n) is 5.77. The lowest BCUT2D eigenvalue weighted by Gasteiger charge is -2.33. The third-order valence-corrected chi connectivity index (χ3v) is 2.95. The molecule has 0 spiro atoms. The van der Waals surface area contributed by atoms with Crippen molar-refractivity contribution in [3.63, 3.8) is 0 Å². The van der Waals surface area contributed by atoms with Gasteiger partial charge in [-0.1, -0.05) is 27.7 Å². The van der Waals surface area contributed by atoms with Crippen LogP contribution < -0.4 is 5.73 Å². The maximum Gasteiger partial charge on any atom is 0.0471 e. The van der Waals surface area contributed by atoms with E-state index in [1.165, 1.54) is 5.56 Å². The van der Waals surface area contributed by atoms with Crippen LogP contribution in [0.25, 0.3) is 0 Å². The highest BCUT2D eigenvalue weighted by Gasteiger charge is 2.20. The Morgan fingerprint density at radius 3 is 1.94 bits per heavy atom. The Kier molecular flexibility index (Phi) is 6.30. The fraction of sp³-hybridized carbons (Fsp3) is 0.667. The molecule has 0 aliphatic heterocycles. The number of hydrogen-bond acceptors (Lipinski definition) is 3. The number of rotatable bonds is 7. The number of pyridine rings is 1. The Morgan fingerprint density at radius 2 is 1.56 bits per heavy atom. The van der Waals surface area contributed by atoms with Crippen molar-refractivity contribution < 1.29 is 0 Å². The summed E-state index contributed by atoms with van der Waals surface area (Å²) in [6.45, 7) is 11.9. The molecule has 102 valence electrons. The van der Waals surface area contributed by atoms with Crippen LogP contribution in [0.2, 0.25) is 0 Å². The van der Waals surface area contributed by atoms with E-state index in [1.807, 2.05) is 12.4 Å². The zero-order valence-electron chi connectivity index (χ0n) is 12.1. The Hall–Kier alpha value is -0.930. The summed E-state index contributed by atoms with van der Waals surface area (Å²) >= 11 is 0. The Balaban J connectivity index is 2.86. The summed E-state index contributed by atoms with van der Waals surface area (Å²) in [4.78, 5) is 6.59. The van der Waals surface area contributed by atoms with Crippen LogP contribution in [0.15, 0.2) is 24.5 Å². The molecule has 0 amide bonds. The van der Waals surface area contributed by atoms with Crippen LogP contribution in [0.1, 0.15) is 39.3 Å². The Labute approximate surface area is 111 Å². The molecule has 2 N–H and O–H groups in total. The van der Waals surface area contributed by atoms with Gasteiger partial charge in [-0.25, -0.2) is 0 Å². The topological polar surface area (TPSA) is 42.1 Å². The van der Waals surface area contributed by atoms with E-state index in [4.69, 9.17) is 5.73 Å². The molecule has 0 radical (unpaired) electrons. The summed E-state index contributed by atoms with van der Waals surface area (Å²) in [7, 11) is 0. The molecule has 0 aliphatic carbocycles. The third-order valence-electron chi connectivity index (χ3n) is 2.95. The standard InChI is InChI=1S/C15H27N3/c1-12(2)10-18(11-13(3)4)15(9-16)14-5-7-17-8-6-14/h5-8,12-13,15H,9-11,16H2,1-4H3. The van der Waals surface area contributed by atoms with E-state index in [0.717, 1.165) is 13.1 Å². The second kappa shape index (κ2) is 7.49. The minimum Gasteiger partial charge on any atom is -0.329 e. The van der Waals surface area contributed by atoms with E-state index < -0.39 is 0 Å². The first kappa shape index (κ1) is 15.1. The molecular formula is C15H27N3. The van der Waals surface area contributed by atoms with E-state index in [1.54, 1.807) is 0 Å². The summed E-state index contributed by atoms with van der Waals surface area (Å²) in [5, 5.41) is 0. The summed E-state index contributed by atoms with van der Waals surface area (Å²) in [6.07, 6.45) is 3.70. The van der Waals surface area contributed by atoms with Crippen LogP contribution in [0, 0.1) is 11.8 Å². The monoisotopic (exact) mass is 249 g/mol. The van der Waals surface area contributed by atoms with Crippen molar-refractivity contribution in [2.24, 2.45) is 17.6 Å². The fourth-order valence-electron chi connectivity index (χ4n) is 2.35. The minimum atomic E-state index is 0.304. The van der Waals surface area contributed by atoms with Crippen LogP contribution >= 0.6 is 0 Å². The Morgan fingerprint density at radius 1 is 1.06 bits per heavy atom. The highest BCUT2D eigenvalue weighted by molar-refractivity contribution is 5.15. The first-order valence-corrected chi connectivity index (χ1v) is 6.88. The molecule has 0 saturated heterocycles. The van der Waals surface area contributed by atoms with Crippen molar-refractivity contribution in [3.05, 3.63) is 30.1 Å². The highest BCUT2D eigenvalue weighted by Crippen LogP contribution is 2.21. The number of nitrogens with zero attached hydrogens (tertiary/aromatic N) is 2. The van der Waals surface area contributed by atoms with Gasteiger partial charge in [0.1, 0.15) is 0 Å². The van der Waals surface area contributed by atoms with Crippen molar-refractivity contribution in [1.82, 2.24) is 9.88 Å². The van der Waals surface area contributed by atoms with Crippen LogP contribution in [0.4, 0.5) is 0 Å². The summed E-state index contributed by atoms with van der Waals surface area (Å²) in [5.41, 5.74) is 7.27.